The first-order valence-corrected chi connectivity index (χ1v) is 11.2. The summed E-state index contributed by atoms with van der Waals surface area (Å²) in [5.41, 5.74) is 0. The second-order valence-electron chi connectivity index (χ2n) is 7.42. The topological polar surface area (TPSA) is 78.5 Å². The van der Waals surface area contributed by atoms with Gasteiger partial charge in [0.1, 0.15) is 4.21 Å². The molecule has 0 aromatic carbocycles. The zero-order chi connectivity index (χ0) is 18.0. The first-order valence-electron chi connectivity index (χ1n) is 8.92. The number of rotatable bonds is 7. The lowest BCUT2D eigenvalue weighted by Crippen LogP contribution is -2.31. The smallest absolute Gasteiger partial charge is 0.252 e. The molecule has 0 aliphatic carbocycles. The SMILES string of the molecule is CC(C)CC(=O)NCCc1ccc(S(=O)(=O)N2C[C@H]3CNC[C@H]3C2)s1. The maximum atomic E-state index is 12.8. The Hall–Kier alpha value is -0.960. The van der Waals surface area contributed by atoms with Crippen LogP contribution in [0, 0.1) is 17.8 Å². The number of amides is 1. The third-order valence-electron chi connectivity index (χ3n) is 4.87. The van der Waals surface area contributed by atoms with Crippen LogP contribution in [-0.4, -0.2) is 51.4 Å². The molecule has 0 bridgehead atoms. The number of nitrogens with zero attached hydrogens (tertiary/aromatic N) is 1. The van der Waals surface area contributed by atoms with Crippen LogP contribution >= 0.6 is 11.3 Å². The number of hydrogen-bond acceptors (Lipinski definition) is 5. The highest BCUT2D eigenvalue weighted by Gasteiger charge is 2.41. The second-order valence-corrected chi connectivity index (χ2v) is 10.8. The molecule has 1 aromatic rings. The molecule has 25 heavy (non-hydrogen) atoms. The standard InChI is InChI=1S/C17H27N3O3S2/c1-12(2)7-16(21)19-6-5-15-3-4-17(24-15)25(22,23)20-10-13-8-18-9-14(13)11-20/h3-4,12-14,18H,5-11H2,1-2H3,(H,19,21)/t13-,14+. The van der Waals surface area contributed by atoms with Crippen LogP contribution in [-0.2, 0) is 21.2 Å². The molecule has 0 unspecified atom stereocenters. The van der Waals surface area contributed by atoms with Crippen LogP contribution in [0.2, 0.25) is 0 Å². The molecule has 2 N–H and O–H groups in total. The van der Waals surface area contributed by atoms with Gasteiger partial charge < -0.3 is 10.6 Å². The molecule has 0 spiro atoms. The summed E-state index contributed by atoms with van der Waals surface area (Å²) in [6.07, 6.45) is 1.19. The van der Waals surface area contributed by atoms with E-state index in [0.717, 1.165) is 18.0 Å². The van der Waals surface area contributed by atoms with Gasteiger partial charge in [-0.3, -0.25) is 4.79 Å². The van der Waals surface area contributed by atoms with Crippen LogP contribution in [0.1, 0.15) is 25.1 Å². The van der Waals surface area contributed by atoms with E-state index in [1.165, 1.54) is 11.3 Å². The summed E-state index contributed by atoms with van der Waals surface area (Å²) < 4.78 is 27.7. The van der Waals surface area contributed by atoms with Crippen molar-refractivity contribution < 1.29 is 13.2 Å². The minimum Gasteiger partial charge on any atom is -0.356 e. The van der Waals surface area contributed by atoms with Crippen LogP contribution in [0.3, 0.4) is 0 Å². The van der Waals surface area contributed by atoms with Crippen molar-refractivity contribution in [2.24, 2.45) is 17.8 Å². The van der Waals surface area contributed by atoms with Gasteiger partial charge in [-0.25, -0.2) is 8.42 Å². The number of hydrogen-bond donors (Lipinski definition) is 2. The third-order valence-corrected chi connectivity index (χ3v) is 8.32. The van der Waals surface area contributed by atoms with Gasteiger partial charge in [0.15, 0.2) is 0 Å². The minimum atomic E-state index is -3.38. The number of thiophene rings is 1. The van der Waals surface area contributed by atoms with Crippen molar-refractivity contribution in [1.29, 1.82) is 0 Å². The predicted octanol–water partition coefficient (Wildman–Crippen LogP) is 1.29. The van der Waals surface area contributed by atoms with E-state index in [4.69, 9.17) is 0 Å². The van der Waals surface area contributed by atoms with E-state index in [2.05, 4.69) is 10.6 Å². The first kappa shape index (κ1) is 18.8. The Balaban J connectivity index is 1.55. The monoisotopic (exact) mass is 385 g/mol. The number of fused-ring (bicyclic) bond motifs is 1. The number of nitrogens with one attached hydrogen (secondary N) is 2. The molecule has 2 aliphatic heterocycles. The zero-order valence-corrected chi connectivity index (χ0v) is 16.5. The van der Waals surface area contributed by atoms with E-state index in [-0.39, 0.29) is 5.91 Å². The fourth-order valence-electron chi connectivity index (χ4n) is 3.54. The van der Waals surface area contributed by atoms with Crippen LogP contribution in [0.15, 0.2) is 16.3 Å². The predicted molar refractivity (Wildman–Crippen MR) is 99.1 cm³/mol. The van der Waals surface area contributed by atoms with E-state index in [0.29, 0.717) is 54.4 Å². The Kier molecular flexibility index (Phi) is 5.82. The van der Waals surface area contributed by atoms with Crippen molar-refractivity contribution in [3.63, 3.8) is 0 Å². The van der Waals surface area contributed by atoms with Gasteiger partial charge in [-0.05, 0) is 49.4 Å². The molecule has 2 saturated heterocycles. The summed E-state index contributed by atoms with van der Waals surface area (Å²) in [7, 11) is -3.38. The van der Waals surface area contributed by atoms with Crippen LogP contribution in [0.5, 0.6) is 0 Å². The maximum absolute atomic E-state index is 12.8. The second kappa shape index (κ2) is 7.73. The van der Waals surface area contributed by atoms with Gasteiger partial charge in [0.05, 0.1) is 0 Å². The average Bonchev–Trinajstić information content (AvgIpc) is 3.21. The Labute approximate surface area is 154 Å². The van der Waals surface area contributed by atoms with Gasteiger partial charge in [-0.1, -0.05) is 13.8 Å². The Morgan fingerprint density at radius 3 is 2.64 bits per heavy atom. The molecule has 8 heteroatoms. The Morgan fingerprint density at radius 1 is 1.32 bits per heavy atom. The van der Waals surface area contributed by atoms with Crippen LogP contribution in [0.4, 0.5) is 0 Å². The van der Waals surface area contributed by atoms with E-state index < -0.39 is 10.0 Å². The Bertz CT molecular complexity index is 702. The molecular formula is C17H27N3O3S2. The van der Waals surface area contributed by atoms with E-state index in [9.17, 15) is 13.2 Å². The summed E-state index contributed by atoms with van der Waals surface area (Å²) in [6.45, 7) is 7.66. The van der Waals surface area contributed by atoms with Gasteiger partial charge >= 0.3 is 0 Å². The van der Waals surface area contributed by atoms with Crippen molar-refractivity contribution in [2.45, 2.75) is 30.9 Å². The highest BCUT2D eigenvalue weighted by molar-refractivity contribution is 7.91. The van der Waals surface area contributed by atoms with Gasteiger partial charge in [-0.2, -0.15) is 4.31 Å². The Morgan fingerprint density at radius 2 is 2.00 bits per heavy atom. The lowest BCUT2D eigenvalue weighted by atomic mass is 10.0. The summed E-state index contributed by atoms with van der Waals surface area (Å²) in [4.78, 5) is 12.7. The van der Waals surface area contributed by atoms with Crippen molar-refractivity contribution in [3.05, 3.63) is 17.0 Å². The average molecular weight is 386 g/mol. The van der Waals surface area contributed by atoms with Gasteiger partial charge in [-0.15, -0.1) is 11.3 Å². The van der Waals surface area contributed by atoms with E-state index >= 15 is 0 Å². The van der Waals surface area contributed by atoms with Crippen molar-refractivity contribution in [2.75, 3.05) is 32.7 Å². The van der Waals surface area contributed by atoms with Gasteiger partial charge in [0.2, 0.25) is 5.91 Å². The lowest BCUT2D eigenvalue weighted by Gasteiger charge is -2.16. The molecular weight excluding hydrogens is 358 g/mol. The number of carbonyl (C=O) groups excluding carboxylic acids is 1. The summed E-state index contributed by atoms with van der Waals surface area (Å²) in [5, 5.41) is 6.22. The molecule has 0 radical (unpaired) electrons. The molecule has 3 rings (SSSR count). The molecule has 2 fully saturated rings. The first-order chi connectivity index (χ1) is 11.9. The quantitative estimate of drug-likeness (QED) is 0.741. The maximum Gasteiger partial charge on any atom is 0.252 e. The van der Waals surface area contributed by atoms with Gasteiger partial charge in [0, 0.05) is 30.9 Å². The highest BCUT2D eigenvalue weighted by Crippen LogP contribution is 2.33. The molecule has 140 valence electrons. The normalized spacial score (nSPS) is 24.0. The molecule has 2 atom stereocenters. The van der Waals surface area contributed by atoms with Crippen molar-refractivity contribution in [1.82, 2.24) is 14.9 Å². The van der Waals surface area contributed by atoms with E-state index in [1.54, 1.807) is 10.4 Å². The molecule has 6 nitrogen and oxygen atoms in total. The zero-order valence-electron chi connectivity index (χ0n) is 14.8. The van der Waals surface area contributed by atoms with E-state index in [1.807, 2.05) is 19.9 Å². The lowest BCUT2D eigenvalue weighted by molar-refractivity contribution is -0.121. The number of carbonyl (C=O) groups is 1. The summed E-state index contributed by atoms with van der Waals surface area (Å²) >= 11 is 1.32. The fourth-order valence-corrected chi connectivity index (χ4v) is 6.60. The third kappa shape index (κ3) is 4.42. The van der Waals surface area contributed by atoms with Crippen molar-refractivity contribution in [3.8, 4) is 0 Å². The molecule has 0 saturated carbocycles. The van der Waals surface area contributed by atoms with Gasteiger partial charge in [0.25, 0.3) is 10.0 Å². The minimum absolute atomic E-state index is 0.0524. The highest BCUT2D eigenvalue weighted by atomic mass is 32.2. The molecule has 1 amide bonds. The summed E-state index contributed by atoms with van der Waals surface area (Å²) in [6, 6.07) is 3.57. The van der Waals surface area contributed by atoms with Crippen molar-refractivity contribution >= 4 is 27.3 Å². The van der Waals surface area contributed by atoms with Crippen LogP contribution < -0.4 is 10.6 Å². The van der Waals surface area contributed by atoms with Crippen LogP contribution in [0.25, 0.3) is 0 Å². The molecule has 3 heterocycles. The largest absolute Gasteiger partial charge is 0.356 e. The molecule has 1 aromatic heterocycles. The molecule has 2 aliphatic rings. The summed E-state index contributed by atoms with van der Waals surface area (Å²) in [5.74, 6) is 1.29. The number of sulfonamides is 1. The fraction of sp³-hybridized carbons (Fsp3) is 0.706.